The SMILES string of the molecule is Cc1ccc(S(=O)(=O)NCC(=O)NC(C)C)c(N)c1. The van der Waals surface area contributed by atoms with Gasteiger partial charge in [-0.05, 0) is 38.5 Å². The third kappa shape index (κ3) is 4.53. The Hall–Kier alpha value is -1.60. The molecule has 19 heavy (non-hydrogen) atoms. The van der Waals surface area contributed by atoms with Crippen molar-refractivity contribution in [1.82, 2.24) is 10.0 Å². The highest BCUT2D eigenvalue weighted by molar-refractivity contribution is 7.89. The number of amides is 1. The number of rotatable bonds is 5. The number of hydrogen-bond donors (Lipinski definition) is 3. The summed E-state index contributed by atoms with van der Waals surface area (Å²) < 4.78 is 26.2. The lowest BCUT2D eigenvalue weighted by Crippen LogP contribution is -2.39. The lowest BCUT2D eigenvalue weighted by molar-refractivity contribution is -0.120. The summed E-state index contributed by atoms with van der Waals surface area (Å²) in [7, 11) is -3.77. The Morgan fingerprint density at radius 3 is 2.53 bits per heavy atom. The van der Waals surface area contributed by atoms with Crippen molar-refractivity contribution in [3.63, 3.8) is 0 Å². The molecule has 0 aliphatic rings. The first-order valence-electron chi connectivity index (χ1n) is 5.87. The molecule has 6 nitrogen and oxygen atoms in total. The zero-order chi connectivity index (χ0) is 14.6. The lowest BCUT2D eigenvalue weighted by atomic mass is 10.2. The third-order valence-electron chi connectivity index (χ3n) is 2.33. The fraction of sp³-hybridized carbons (Fsp3) is 0.417. The van der Waals surface area contributed by atoms with E-state index >= 15 is 0 Å². The third-order valence-corrected chi connectivity index (χ3v) is 3.80. The largest absolute Gasteiger partial charge is 0.398 e. The van der Waals surface area contributed by atoms with Crippen LogP contribution in [0.25, 0.3) is 0 Å². The maximum Gasteiger partial charge on any atom is 0.243 e. The average Bonchev–Trinajstić information content (AvgIpc) is 2.25. The van der Waals surface area contributed by atoms with Gasteiger partial charge in [-0.25, -0.2) is 13.1 Å². The molecule has 1 aromatic rings. The number of carbonyl (C=O) groups is 1. The van der Waals surface area contributed by atoms with Crippen LogP contribution in [0.2, 0.25) is 0 Å². The highest BCUT2D eigenvalue weighted by atomic mass is 32.2. The van der Waals surface area contributed by atoms with Crippen LogP contribution in [-0.4, -0.2) is 26.9 Å². The molecule has 0 heterocycles. The van der Waals surface area contributed by atoms with Gasteiger partial charge in [-0.1, -0.05) is 6.07 Å². The summed E-state index contributed by atoms with van der Waals surface area (Å²) in [5, 5.41) is 2.59. The summed E-state index contributed by atoms with van der Waals surface area (Å²) in [6.07, 6.45) is 0. The van der Waals surface area contributed by atoms with Crippen LogP contribution in [0.15, 0.2) is 23.1 Å². The zero-order valence-corrected chi connectivity index (χ0v) is 12.0. The number of aryl methyl sites for hydroxylation is 1. The Kier molecular flexibility index (Phi) is 4.90. The molecule has 1 aromatic carbocycles. The average molecular weight is 285 g/mol. The number of nitrogens with one attached hydrogen (secondary N) is 2. The Labute approximate surface area is 113 Å². The number of hydrogen-bond acceptors (Lipinski definition) is 4. The summed E-state index contributed by atoms with van der Waals surface area (Å²) in [6.45, 7) is 5.10. The van der Waals surface area contributed by atoms with Gasteiger partial charge in [0, 0.05) is 6.04 Å². The molecule has 0 unspecified atom stereocenters. The van der Waals surface area contributed by atoms with Gasteiger partial charge in [-0.15, -0.1) is 0 Å². The molecule has 0 aromatic heterocycles. The summed E-state index contributed by atoms with van der Waals surface area (Å²) in [6, 6.07) is 4.61. The van der Waals surface area contributed by atoms with Gasteiger partial charge in [0.1, 0.15) is 4.90 Å². The van der Waals surface area contributed by atoms with Crippen LogP contribution >= 0.6 is 0 Å². The molecule has 0 saturated heterocycles. The first kappa shape index (κ1) is 15.5. The van der Waals surface area contributed by atoms with E-state index in [1.807, 2.05) is 6.92 Å². The van der Waals surface area contributed by atoms with Gasteiger partial charge < -0.3 is 11.1 Å². The minimum atomic E-state index is -3.77. The Morgan fingerprint density at radius 2 is 2.00 bits per heavy atom. The van der Waals surface area contributed by atoms with E-state index in [-0.39, 0.29) is 29.1 Å². The minimum Gasteiger partial charge on any atom is -0.398 e. The maximum absolute atomic E-state index is 12.0. The van der Waals surface area contributed by atoms with Crippen LogP contribution in [0.5, 0.6) is 0 Å². The quantitative estimate of drug-likeness (QED) is 0.681. The van der Waals surface area contributed by atoms with Crippen LogP contribution in [0.3, 0.4) is 0 Å². The van der Waals surface area contributed by atoms with Crippen LogP contribution in [0.4, 0.5) is 5.69 Å². The smallest absolute Gasteiger partial charge is 0.243 e. The molecule has 7 heteroatoms. The van der Waals surface area contributed by atoms with Gasteiger partial charge in [0.25, 0.3) is 0 Å². The Balaban J connectivity index is 2.79. The van der Waals surface area contributed by atoms with Gasteiger partial charge in [0.15, 0.2) is 0 Å². The van der Waals surface area contributed by atoms with E-state index in [9.17, 15) is 13.2 Å². The second-order valence-corrected chi connectivity index (χ2v) is 6.32. The van der Waals surface area contributed by atoms with Crippen LogP contribution in [-0.2, 0) is 14.8 Å². The molecule has 0 bridgehead atoms. The van der Waals surface area contributed by atoms with Crippen LogP contribution in [0.1, 0.15) is 19.4 Å². The van der Waals surface area contributed by atoms with Crippen molar-refractivity contribution in [1.29, 1.82) is 0 Å². The number of nitrogen functional groups attached to an aromatic ring is 1. The highest BCUT2D eigenvalue weighted by Gasteiger charge is 2.18. The van der Waals surface area contributed by atoms with Crippen LogP contribution < -0.4 is 15.8 Å². The number of benzene rings is 1. The molecule has 0 aliphatic heterocycles. The molecule has 1 amide bonds. The van der Waals surface area contributed by atoms with Crippen molar-refractivity contribution < 1.29 is 13.2 Å². The molecular weight excluding hydrogens is 266 g/mol. The monoisotopic (exact) mass is 285 g/mol. The van der Waals surface area contributed by atoms with Crippen molar-refractivity contribution in [2.75, 3.05) is 12.3 Å². The molecule has 0 spiro atoms. The van der Waals surface area contributed by atoms with Crippen molar-refractivity contribution in [3.05, 3.63) is 23.8 Å². The van der Waals surface area contributed by atoms with Gasteiger partial charge in [0.05, 0.1) is 12.2 Å². The van der Waals surface area contributed by atoms with E-state index in [4.69, 9.17) is 5.73 Å². The first-order chi connectivity index (χ1) is 8.72. The van der Waals surface area contributed by atoms with Crippen LogP contribution in [0, 0.1) is 6.92 Å². The van der Waals surface area contributed by atoms with Crippen molar-refractivity contribution in [2.24, 2.45) is 0 Å². The number of nitrogens with two attached hydrogens (primary N) is 1. The molecule has 0 saturated carbocycles. The molecule has 4 N–H and O–H groups in total. The van der Waals surface area contributed by atoms with Gasteiger partial charge in [-0.3, -0.25) is 4.79 Å². The number of carbonyl (C=O) groups excluding carboxylic acids is 1. The maximum atomic E-state index is 12.0. The van der Waals surface area contributed by atoms with E-state index in [1.54, 1.807) is 26.0 Å². The van der Waals surface area contributed by atoms with E-state index in [1.165, 1.54) is 6.07 Å². The van der Waals surface area contributed by atoms with E-state index < -0.39 is 10.0 Å². The predicted octanol–water partition coefficient (Wildman–Crippen LogP) is 0.380. The lowest BCUT2D eigenvalue weighted by Gasteiger charge is -2.11. The topological polar surface area (TPSA) is 101 Å². The van der Waals surface area contributed by atoms with E-state index in [0.29, 0.717) is 0 Å². The van der Waals surface area contributed by atoms with Crippen molar-refractivity contribution in [3.8, 4) is 0 Å². The first-order valence-corrected chi connectivity index (χ1v) is 7.36. The van der Waals surface area contributed by atoms with Crippen molar-refractivity contribution >= 4 is 21.6 Å². The van der Waals surface area contributed by atoms with Gasteiger partial charge >= 0.3 is 0 Å². The summed E-state index contributed by atoms with van der Waals surface area (Å²) in [4.78, 5) is 11.4. The molecular formula is C12H19N3O3S. The predicted molar refractivity (Wildman–Crippen MR) is 74.1 cm³/mol. The van der Waals surface area contributed by atoms with Gasteiger partial charge in [-0.2, -0.15) is 0 Å². The molecule has 0 atom stereocenters. The van der Waals surface area contributed by atoms with E-state index in [2.05, 4.69) is 10.0 Å². The molecule has 106 valence electrons. The summed E-state index contributed by atoms with van der Waals surface area (Å²) in [5.74, 6) is -0.385. The standard InChI is InChI=1S/C12H19N3O3S/c1-8(2)15-12(16)7-14-19(17,18)11-5-4-9(3)6-10(11)13/h4-6,8,14H,7,13H2,1-3H3,(H,15,16). The molecule has 0 radical (unpaired) electrons. The summed E-state index contributed by atoms with van der Waals surface area (Å²) in [5.41, 5.74) is 6.71. The van der Waals surface area contributed by atoms with Crippen molar-refractivity contribution in [2.45, 2.75) is 31.7 Å². The second-order valence-electron chi connectivity index (χ2n) is 4.59. The Morgan fingerprint density at radius 1 is 1.37 bits per heavy atom. The fourth-order valence-electron chi connectivity index (χ4n) is 1.52. The molecule has 1 rings (SSSR count). The number of anilines is 1. The second kappa shape index (κ2) is 6.03. The Bertz CT molecular complexity index is 568. The zero-order valence-electron chi connectivity index (χ0n) is 11.2. The van der Waals surface area contributed by atoms with E-state index in [0.717, 1.165) is 5.56 Å². The molecule has 0 fully saturated rings. The summed E-state index contributed by atoms with van der Waals surface area (Å²) >= 11 is 0. The number of sulfonamides is 1. The highest BCUT2D eigenvalue weighted by Crippen LogP contribution is 2.18. The minimum absolute atomic E-state index is 0.0181. The fourth-order valence-corrected chi connectivity index (χ4v) is 2.62. The molecule has 0 aliphatic carbocycles. The van der Waals surface area contributed by atoms with Gasteiger partial charge in [0.2, 0.25) is 15.9 Å². The normalized spacial score (nSPS) is 11.6.